The Kier molecular flexibility index (Phi) is 44.6. The SMILES string of the molecule is C/C=C/C[C@@H](C)[C@@H](O)[C@H]1C(=O)N[C@@H](CC)C(=O)N(C)CC(=O)N(C)[C@@H](CC(C)C)C(=O)N[C@@H](C(C)C)C(=O)N(C)[C@@H](CC(C)C)C(=O)N[C@@H](C)C(=O)N[C@H](C)C(=O)N(C)[C@@H](CC(C)C)C(=O)N(C)[C@@H](CC(C)C)C(=O)N(C)[C@@H](C(C)C)C(=O)N1C.CCCOc1ccc(C(=O)OCCN(CC)CC)cc1N.Cl. The number of aliphatic hydroxyl groups is 1. The number of benzene rings is 1. The number of nitrogen functional groups attached to an aromatic ring is 1. The molecule has 1 heterocycles. The van der Waals surface area contributed by atoms with Crippen molar-refractivity contribution in [2.45, 2.75) is 250 Å². The van der Waals surface area contributed by atoms with Gasteiger partial charge >= 0.3 is 5.97 Å². The third-order valence-corrected chi connectivity index (χ3v) is 19.3. The zero-order valence-electron chi connectivity index (χ0n) is 69.7. The van der Waals surface area contributed by atoms with Crippen LogP contribution >= 0.6 is 12.4 Å². The van der Waals surface area contributed by atoms with Crippen LogP contribution in [0.2, 0.25) is 0 Å². The molecule has 0 spiro atoms. The van der Waals surface area contributed by atoms with Crippen LogP contribution in [0.3, 0.4) is 0 Å². The molecule has 0 aromatic heterocycles. The van der Waals surface area contributed by atoms with Crippen molar-refractivity contribution in [3.05, 3.63) is 35.9 Å². The molecule has 0 radical (unpaired) electrons. The van der Waals surface area contributed by atoms with Gasteiger partial charge in [0.05, 0.1) is 30.5 Å². The molecule has 28 nitrogen and oxygen atoms in total. The van der Waals surface area contributed by atoms with Crippen LogP contribution in [0.1, 0.15) is 194 Å². The molecule has 11 amide bonds. The third-order valence-electron chi connectivity index (χ3n) is 19.3. The maximum Gasteiger partial charge on any atom is 0.338 e. The Hall–Kier alpha value is -7.59. The lowest BCUT2D eigenvalue weighted by Gasteiger charge is -2.41. The van der Waals surface area contributed by atoms with E-state index in [-0.39, 0.29) is 74.2 Å². The number of aliphatic hydroxyl groups excluding tert-OH is 1. The molecule has 0 aliphatic carbocycles. The van der Waals surface area contributed by atoms with Gasteiger partial charge in [0, 0.05) is 55.9 Å². The molecular weight excluding hydrogens is 1390 g/mol. The molecule has 1 aromatic carbocycles. The van der Waals surface area contributed by atoms with Gasteiger partial charge in [0.2, 0.25) is 65.0 Å². The van der Waals surface area contributed by atoms with Crippen molar-refractivity contribution in [2.24, 2.45) is 41.4 Å². The number of nitrogens with two attached hydrogens (primary N) is 1. The Morgan fingerprint density at radius 2 is 1.03 bits per heavy atom. The van der Waals surface area contributed by atoms with Crippen LogP contribution in [0.5, 0.6) is 5.75 Å². The Morgan fingerprint density at radius 1 is 0.561 bits per heavy atom. The number of carbonyl (C=O) groups excluding carboxylic acids is 12. The van der Waals surface area contributed by atoms with E-state index in [9.17, 15) is 53.1 Å². The minimum atomic E-state index is -1.61. The van der Waals surface area contributed by atoms with Gasteiger partial charge < -0.3 is 80.8 Å². The standard InChI is InChI=1S/C62H111N11O12.C16H26N2O3.ClH/c1-25-27-28-40(15)52(75)51-56(79)65-43(26-2)58(81)67(18)33-48(74)68(19)44(29-34(3)4)55(78)66-49(38(11)12)61(84)69(20)45(30-35(5)6)54(77)63-41(16)53(76)64-42(17)57(80)70(21)46(31-36(7)8)59(82)71(22)47(32-37(9)10)60(83)72(23)50(39(13)14)62(85)73(51)24;1-4-10-20-15-8-7-13(12-14(15)17)16(19)21-11-9-18(5-2)6-3;/h25,27,34-47,49-52,75H,26,28-33H2,1-24H3,(H,63,77)(H,64,76)(H,65,79)(H,66,78);7-8,12H,4-6,9-11,17H2,1-3H3;1H/b27-25+;;/t40-,41+,42-,43+,44+,45+,46+,47+,49+,50+,51+,52-;;/m1../s1. The van der Waals surface area contributed by atoms with Crippen LogP contribution in [0.4, 0.5) is 5.69 Å². The van der Waals surface area contributed by atoms with Crippen LogP contribution in [-0.4, -0.2) is 271 Å². The molecule has 612 valence electrons. The van der Waals surface area contributed by atoms with E-state index in [1.807, 2.05) is 68.4 Å². The molecular formula is C78H138ClN13O15. The molecule has 0 bridgehead atoms. The molecule has 29 heteroatoms. The van der Waals surface area contributed by atoms with Crippen LogP contribution in [0, 0.1) is 41.4 Å². The quantitative estimate of drug-likeness (QED) is 0.0378. The minimum absolute atomic E-state index is 0. The van der Waals surface area contributed by atoms with Crippen LogP contribution < -0.4 is 31.7 Å². The second-order valence-corrected chi connectivity index (χ2v) is 30.9. The smallest absolute Gasteiger partial charge is 0.338 e. The maximum absolute atomic E-state index is 15.1. The third kappa shape index (κ3) is 30.4. The summed E-state index contributed by atoms with van der Waals surface area (Å²) in [5, 5.41) is 23.1. The molecule has 1 aliphatic heterocycles. The van der Waals surface area contributed by atoms with Gasteiger partial charge in [0.15, 0.2) is 0 Å². The average Bonchev–Trinajstić information content (AvgIpc) is 0.802. The number of hydrogen-bond acceptors (Lipinski definition) is 17. The summed E-state index contributed by atoms with van der Waals surface area (Å²) in [6.45, 7) is 39.2. The fourth-order valence-corrected chi connectivity index (χ4v) is 12.6. The lowest BCUT2D eigenvalue weighted by atomic mass is 9.91. The van der Waals surface area contributed by atoms with E-state index in [1.165, 1.54) is 87.7 Å². The largest absolute Gasteiger partial charge is 0.491 e. The summed E-state index contributed by atoms with van der Waals surface area (Å²) < 4.78 is 10.7. The molecule has 1 fully saturated rings. The van der Waals surface area contributed by atoms with Crippen molar-refractivity contribution >= 4 is 89.0 Å². The molecule has 0 unspecified atom stereocenters. The highest BCUT2D eigenvalue weighted by atomic mass is 35.5. The molecule has 2 rings (SSSR count). The van der Waals surface area contributed by atoms with Gasteiger partial charge in [-0.15, -0.1) is 12.4 Å². The molecule has 7 N–H and O–H groups in total. The monoisotopic (exact) mass is 1530 g/mol. The molecule has 107 heavy (non-hydrogen) atoms. The number of anilines is 1. The summed E-state index contributed by atoms with van der Waals surface area (Å²) in [7, 11) is 9.92. The van der Waals surface area contributed by atoms with Gasteiger partial charge in [-0.3, -0.25) is 52.7 Å². The minimum Gasteiger partial charge on any atom is -0.491 e. The van der Waals surface area contributed by atoms with Gasteiger partial charge in [0.25, 0.3) is 0 Å². The molecule has 12 atom stereocenters. The Labute approximate surface area is 646 Å². The first-order valence-corrected chi connectivity index (χ1v) is 38.1. The second-order valence-electron chi connectivity index (χ2n) is 30.9. The van der Waals surface area contributed by atoms with Gasteiger partial charge in [-0.05, 0) is 138 Å². The first-order chi connectivity index (χ1) is 49.3. The predicted octanol–water partition coefficient (Wildman–Crippen LogP) is 6.25. The summed E-state index contributed by atoms with van der Waals surface area (Å²) in [5.74, 6) is -9.45. The van der Waals surface area contributed by atoms with E-state index in [2.05, 4.69) is 40.0 Å². The lowest BCUT2D eigenvalue weighted by molar-refractivity contribution is -0.157. The zero-order valence-corrected chi connectivity index (χ0v) is 70.5. The van der Waals surface area contributed by atoms with Gasteiger partial charge in [-0.2, -0.15) is 0 Å². The van der Waals surface area contributed by atoms with Gasteiger partial charge in [0.1, 0.15) is 72.8 Å². The Bertz CT molecular complexity index is 3070. The first-order valence-electron chi connectivity index (χ1n) is 38.1. The maximum atomic E-state index is 15.1. The predicted molar refractivity (Wildman–Crippen MR) is 420 cm³/mol. The zero-order chi connectivity index (χ0) is 81.6. The summed E-state index contributed by atoms with van der Waals surface area (Å²) in [6, 6.07) is -7.33. The number of carbonyl (C=O) groups is 12. The van der Waals surface area contributed by atoms with E-state index in [4.69, 9.17) is 15.2 Å². The summed E-state index contributed by atoms with van der Waals surface area (Å²) in [5.41, 5.74) is 6.79. The van der Waals surface area contributed by atoms with Crippen LogP contribution in [0.25, 0.3) is 0 Å². The molecule has 1 saturated heterocycles. The molecule has 0 saturated carbocycles. The number of nitrogens with zero attached hydrogens (tertiary/aromatic N) is 8. The average molecular weight is 1530 g/mol. The number of ether oxygens (including phenoxy) is 2. The van der Waals surface area contributed by atoms with E-state index in [0.717, 1.165) is 35.9 Å². The number of hydrogen-bond donors (Lipinski definition) is 6. The van der Waals surface area contributed by atoms with E-state index >= 15 is 9.59 Å². The highest BCUT2D eigenvalue weighted by Crippen LogP contribution is 2.27. The van der Waals surface area contributed by atoms with Gasteiger partial charge in [-0.1, -0.05) is 130 Å². The number of nitrogens with one attached hydrogen (secondary N) is 4. The van der Waals surface area contributed by atoms with Crippen molar-refractivity contribution in [2.75, 3.05) is 94.5 Å². The number of rotatable bonds is 24. The van der Waals surface area contributed by atoms with Crippen LogP contribution in [-0.2, 0) is 57.5 Å². The van der Waals surface area contributed by atoms with Crippen molar-refractivity contribution < 1.29 is 72.1 Å². The van der Waals surface area contributed by atoms with Crippen molar-refractivity contribution in [1.82, 2.24) is 60.5 Å². The summed E-state index contributed by atoms with van der Waals surface area (Å²) in [6.07, 6.45) is 3.95. The van der Waals surface area contributed by atoms with Gasteiger partial charge in [-0.25, -0.2) is 4.79 Å². The summed E-state index contributed by atoms with van der Waals surface area (Å²) in [4.78, 5) is 183. The lowest BCUT2D eigenvalue weighted by Crippen LogP contribution is -2.63. The second kappa shape index (κ2) is 48.0. The number of halogens is 1. The van der Waals surface area contributed by atoms with Crippen LogP contribution in [0.15, 0.2) is 30.4 Å². The highest BCUT2D eigenvalue weighted by molar-refractivity contribution is 6.00. The molecule has 1 aromatic rings. The number of amides is 11. The van der Waals surface area contributed by atoms with Crippen molar-refractivity contribution in [3.8, 4) is 5.75 Å². The van der Waals surface area contributed by atoms with E-state index in [0.29, 0.717) is 36.6 Å². The van der Waals surface area contributed by atoms with E-state index < -0.39 is 156 Å². The topological polar surface area (TPSA) is 344 Å². The summed E-state index contributed by atoms with van der Waals surface area (Å²) >= 11 is 0. The fraction of sp³-hybridized carbons (Fsp3) is 0.744. The number of esters is 1. The fourth-order valence-electron chi connectivity index (χ4n) is 12.6. The first kappa shape index (κ1) is 99.4. The number of allylic oxidation sites excluding steroid dienone is 2. The number of likely N-dealkylation sites (N-methyl/N-ethyl adjacent to an activating group) is 8. The van der Waals surface area contributed by atoms with Crippen molar-refractivity contribution in [3.63, 3.8) is 0 Å². The Balaban J connectivity index is 0.00000435. The molecule has 1 aliphatic rings. The normalized spacial score (nSPS) is 23.5. The van der Waals surface area contributed by atoms with E-state index in [1.54, 1.807) is 72.7 Å². The highest BCUT2D eigenvalue weighted by Gasteiger charge is 2.46. The Morgan fingerprint density at radius 3 is 1.50 bits per heavy atom. The van der Waals surface area contributed by atoms with Crippen molar-refractivity contribution in [1.29, 1.82) is 0 Å².